The number of hydrogen-bond acceptors (Lipinski definition) is 3. The Bertz CT molecular complexity index is 310. The van der Waals surface area contributed by atoms with Crippen molar-refractivity contribution in [2.45, 2.75) is 26.3 Å². The Kier molecular flexibility index (Phi) is 3.21. The number of pyridine rings is 1. The fraction of sp³-hybridized carbons (Fsp3) is 0.583. The van der Waals surface area contributed by atoms with Crippen molar-refractivity contribution in [3.05, 3.63) is 23.9 Å². The van der Waals surface area contributed by atoms with E-state index in [4.69, 9.17) is 4.74 Å². The van der Waals surface area contributed by atoms with Crippen LogP contribution in [0.2, 0.25) is 0 Å². The van der Waals surface area contributed by atoms with Crippen molar-refractivity contribution < 1.29 is 4.74 Å². The maximum atomic E-state index is 5.41. The van der Waals surface area contributed by atoms with E-state index in [0.29, 0.717) is 6.04 Å². The second-order valence-electron chi connectivity index (χ2n) is 4.00. The van der Waals surface area contributed by atoms with Crippen molar-refractivity contribution in [3.8, 4) is 0 Å². The van der Waals surface area contributed by atoms with E-state index < -0.39 is 0 Å². The molecule has 0 spiro atoms. The van der Waals surface area contributed by atoms with Gasteiger partial charge in [0.05, 0.1) is 19.3 Å². The van der Waals surface area contributed by atoms with Crippen LogP contribution in [0.3, 0.4) is 0 Å². The zero-order valence-electron chi connectivity index (χ0n) is 9.44. The van der Waals surface area contributed by atoms with Gasteiger partial charge in [-0.2, -0.15) is 0 Å². The first-order valence-corrected chi connectivity index (χ1v) is 5.60. The second kappa shape index (κ2) is 4.62. The topological polar surface area (TPSA) is 25.4 Å². The minimum Gasteiger partial charge on any atom is -0.377 e. The molecule has 82 valence electrons. The summed E-state index contributed by atoms with van der Waals surface area (Å²) in [6.45, 7) is 6.88. The molecule has 2 rings (SSSR count). The van der Waals surface area contributed by atoms with E-state index in [1.54, 1.807) is 0 Å². The Morgan fingerprint density at radius 3 is 3.00 bits per heavy atom. The number of anilines is 1. The van der Waals surface area contributed by atoms with Gasteiger partial charge in [0, 0.05) is 12.7 Å². The molecule has 1 aliphatic heterocycles. The molecule has 2 heterocycles. The SMILES string of the molecule is CCc1ccc(N2CCOCC2C)nc1. The van der Waals surface area contributed by atoms with Crippen molar-refractivity contribution in [2.24, 2.45) is 0 Å². The number of aryl methyl sites for hydroxylation is 1. The summed E-state index contributed by atoms with van der Waals surface area (Å²) in [6.07, 6.45) is 3.02. The van der Waals surface area contributed by atoms with Crippen LogP contribution in [-0.2, 0) is 11.2 Å². The minimum absolute atomic E-state index is 0.429. The fourth-order valence-electron chi connectivity index (χ4n) is 1.86. The van der Waals surface area contributed by atoms with Crippen LogP contribution >= 0.6 is 0 Å². The molecule has 0 bridgehead atoms. The Hall–Kier alpha value is -1.09. The molecule has 1 aromatic rings. The molecule has 0 amide bonds. The first-order chi connectivity index (χ1) is 7.31. The third kappa shape index (κ3) is 2.29. The predicted molar refractivity (Wildman–Crippen MR) is 61.2 cm³/mol. The summed E-state index contributed by atoms with van der Waals surface area (Å²) < 4.78 is 5.41. The Labute approximate surface area is 91.1 Å². The van der Waals surface area contributed by atoms with Gasteiger partial charge in [-0.05, 0) is 25.0 Å². The van der Waals surface area contributed by atoms with Crippen LogP contribution < -0.4 is 4.90 Å². The smallest absolute Gasteiger partial charge is 0.128 e. The Morgan fingerprint density at radius 2 is 2.40 bits per heavy atom. The molecule has 1 saturated heterocycles. The number of ether oxygens (including phenoxy) is 1. The van der Waals surface area contributed by atoms with E-state index >= 15 is 0 Å². The van der Waals surface area contributed by atoms with E-state index in [1.165, 1.54) is 5.56 Å². The van der Waals surface area contributed by atoms with Gasteiger partial charge in [0.1, 0.15) is 5.82 Å². The number of nitrogens with zero attached hydrogens (tertiary/aromatic N) is 2. The first-order valence-electron chi connectivity index (χ1n) is 5.60. The lowest BCUT2D eigenvalue weighted by atomic mass is 10.2. The van der Waals surface area contributed by atoms with Crippen molar-refractivity contribution in [3.63, 3.8) is 0 Å². The van der Waals surface area contributed by atoms with E-state index in [-0.39, 0.29) is 0 Å². The zero-order chi connectivity index (χ0) is 10.7. The van der Waals surface area contributed by atoms with Crippen molar-refractivity contribution in [1.29, 1.82) is 0 Å². The summed E-state index contributed by atoms with van der Waals surface area (Å²) in [6, 6.07) is 4.70. The molecule has 1 atom stereocenters. The molecule has 3 heteroatoms. The molecule has 1 aliphatic rings. The second-order valence-corrected chi connectivity index (χ2v) is 4.00. The van der Waals surface area contributed by atoms with E-state index in [2.05, 4.69) is 35.9 Å². The van der Waals surface area contributed by atoms with Gasteiger partial charge < -0.3 is 9.64 Å². The van der Waals surface area contributed by atoms with Crippen LogP contribution in [-0.4, -0.2) is 30.8 Å². The van der Waals surface area contributed by atoms with Gasteiger partial charge in [-0.15, -0.1) is 0 Å². The molecule has 0 N–H and O–H groups in total. The average Bonchev–Trinajstić information content (AvgIpc) is 2.30. The van der Waals surface area contributed by atoms with Gasteiger partial charge in [-0.1, -0.05) is 13.0 Å². The van der Waals surface area contributed by atoms with E-state index in [9.17, 15) is 0 Å². The Balaban J connectivity index is 2.13. The molecule has 0 aliphatic carbocycles. The highest BCUT2D eigenvalue weighted by molar-refractivity contribution is 5.40. The summed E-state index contributed by atoms with van der Waals surface area (Å²) in [5.41, 5.74) is 1.29. The lowest BCUT2D eigenvalue weighted by molar-refractivity contribution is 0.0985. The number of morpholine rings is 1. The van der Waals surface area contributed by atoms with E-state index in [1.807, 2.05) is 6.20 Å². The molecular formula is C12H18N2O. The van der Waals surface area contributed by atoms with Gasteiger partial charge in [0.15, 0.2) is 0 Å². The molecule has 0 radical (unpaired) electrons. The molecule has 1 aromatic heterocycles. The number of hydrogen-bond donors (Lipinski definition) is 0. The molecule has 0 aromatic carbocycles. The molecule has 15 heavy (non-hydrogen) atoms. The summed E-state index contributed by atoms with van der Waals surface area (Å²) in [7, 11) is 0. The maximum Gasteiger partial charge on any atom is 0.128 e. The predicted octanol–water partition coefficient (Wildman–Crippen LogP) is 1.87. The van der Waals surface area contributed by atoms with Gasteiger partial charge in [0.2, 0.25) is 0 Å². The van der Waals surface area contributed by atoms with Crippen molar-refractivity contribution in [2.75, 3.05) is 24.7 Å². The van der Waals surface area contributed by atoms with Gasteiger partial charge in [-0.3, -0.25) is 0 Å². The van der Waals surface area contributed by atoms with Crippen LogP contribution in [0, 0.1) is 0 Å². The highest BCUT2D eigenvalue weighted by Crippen LogP contribution is 2.17. The van der Waals surface area contributed by atoms with Crippen LogP contribution in [0.1, 0.15) is 19.4 Å². The average molecular weight is 206 g/mol. The Morgan fingerprint density at radius 1 is 1.53 bits per heavy atom. The number of rotatable bonds is 2. The van der Waals surface area contributed by atoms with Crippen LogP contribution in [0.5, 0.6) is 0 Å². The van der Waals surface area contributed by atoms with E-state index in [0.717, 1.165) is 32.0 Å². The molecule has 1 unspecified atom stereocenters. The molecule has 0 saturated carbocycles. The molecule has 1 fully saturated rings. The molecular weight excluding hydrogens is 188 g/mol. The summed E-state index contributed by atoms with van der Waals surface area (Å²) in [4.78, 5) is 6.80. The van der Waals surface area contributed by atoms with Crippen LogP contribution in [0.15, 0.2) is 18.3 Å². The summed E-state index contributed by atoms with van der Waals surface area (Å²) in [5.74, 6) is 1.07. The third-order valence-electron chi connectivity index (χ3n) is 2.88. The maximum absolute atomic E-state index is 5.41. The largest absolute Gasteiger partial charge is 0.377 e. The monoisotopic (exact) mass is 206 g/mol. The summed E-state index contributed by atoms with van der Waals surface area (Å²) >= 11 is 0. The number of aromatic nitrogens is 1. The highest BCUT2D eigenvalue weighted by Gasteiger charge is 2.19. The first kappa shape index (κ1) is 10.4. The van der Waals surface area contributed by atoms with Crippen LogP contribution in [0.25, 0.3) is 0 Å². The zero-order valence-corrected chi connectivity index (χ0v) is 9.44. The van der Waals surface area contributed by atoms with Crippen molar-refractivity contribution in [1.82, 2.24) is 4.98 Å². The lowest BCUT2D eigenvalue weighted by Crippen LogP contribution is -2.44. The quantitative estimate of drug-likeness (QED) is 0.738. The standard InChI is InChI=1S/C12H18N2O/c1-3-11-4-5-12(13-8-11)14-6-7-15-9-10(14)2/h4-5,8,10H,3,6-7,9H2,1-2H3. The van der Waals surface area contributed by atoms with Gasteiger partial charge in [-0.25, -0.2) is 4.98 Å². The fourth-order valence-corrected chi connectivity index (χ4v) is 1.86. The normalized spacial score (nSPS) is 21.7. The molecule has 3 nitrogen and oxygen atoms in total. The van der Waals surface area contributed by atoms with Gasteiger partial charge >= 0.3 is 0 Å². The van der Waals surface area contributed by atoms with Crippen LogP contribution in [0.4, 0.5) is 5.82 Å². The lowest BCUT2D eigenvalue weighted by Gasteiger charge is -2.34. The third-order valence-corrected chi connectivity index (χ3v) is 2.88. The highest BCUT2D eigenvalue weighted by atomic mass is 16.5. The van der Waals surface area contributed by atoms with Gasteiger partial charge in [0.25, 0.3) is 0 Å². The summed E-state index contributed by atoms with van der Waals surface area (Å²) in [5, 5.41) is 0. The minimum atomic E-state index is 0.429. The van der Waals surface area contributed by atoms with Crippen molar-refractivity contribution >= 4 is 5.82 Å².